The third-order valence-electron chi connectivity index (χ3n) is 6.05. The molecule has 0 spiro atoms. The third-order valence-corrected chi connectivity index (χ3v) is 6.05. The average Bonchev–Trinajstić information content (AvgIpc) is 3.44. The summed E-state index contributed by atoms with van der Waals surface area (Å²) < 4.78 is 0. The second kappa shape index (κ2) is 9.91. The van der Waals surface area contributed by atoms with Crippen molar-refractivity contribution in [3.8, 4) is 22.5 Å². The molecule has 8 nitrogen and oxygen atoms in total. The quantitative estimate of drug-likeness (QED) is 0.517. The minimum absolute atomic E-state index is 0.0387. The SMILES string of the molecule is CCCCC1N(c2ccc(-c3ccccc3-c3nn[nH]n3)cc2)C(=O)N(CCCC)N1C. The van der Waals surface area contributed by atoms with E-state index in [-0.39, 0.29) is 12.2 Å². The van der Waals surface area contributed by atoms with Gasteiger partial charge in [-0.05, 0) is 41.3 Å². The Morgan fingerprint density at radius 3 is 2.34 bits per heavy atom. The van der Waals surface area contributed by atoms with Gasteiger partial charge in [0.05, 0.1) is 0 Å². The van der Waals surface area contributed by atoms with Crippen LogP contribution in [0.25, 0.3) is 22.5 Å². The van der Waals surface area contributed by atoms with Crippen LogP contribution in [0.1, 0.15) is 46.0 Å². The highest BCUT2D eigenvalue weighted by atomic mass is 16.2. The molecule has 0 radical (unpaired) electrons. The van der Waals surface area contributed by atoms with E-state index < -0.39 is 0 Å². The van der Waals surface area contributed by atoms with Crippen LogP contribution in [0.4, 0.5) is 10.5 Å². The van der Waals surface area contributed by atoms with E-state index in [9.17, 15) is 4.79 Å². The van der Waals surface area contributed by atoms with Crippen LogP contribution in [0.3, 0.4) is 0 Å². The standard InChI is InChI=1S/C24H31N7O/c1-4-6-12-22-29(3)30(17-7-5-2)24(32)31(22)19-15-13-18(14-16-19)20-10-8-9-11-21(20)23-25-27-28-26-23/h8-11,13-16,22H,4-7,12,17H2,1-3H3,(H,25,26,27,28). The fourth-order valence-electron chi connectivity index (χ4n) is 4.27. The van der Waals surface area contributed by atoms with Crippen LogP contribution in [0.2, 0.25) is 0 Å². The fourth-order valence-corrected chi connectivity index (χ4v) is 4.27. The highest BCUT2D eigenvalue weighted by Crippen LogP contribution is 2.34. The summed E-state index contributed by atoms with van der Waals surface area (Å²) >= 11 is 0. The van der Waals surface area contributed by atoms with Crippen LogP contribution in [0.5, 0.6) is 0 Å². The third kappa shape index (κ3) is 4.23. The zero-order chi connectivity index (χ0) is 22.5. The minimum Gasteiger partial charge on any atom is -0.275 e. The van der Waals surface area contributed by atoms with E-state index in [2.05, 4.69) is 51.6 Å². The summed E-state index contributed by atoms with van der Waals surface area (Å²) in [7, 11) is 2.03. The van der Waals surface area contributed by atoms with Crippen LogP contribution >= 0.6 is 0 Å². The molecule has 168 valence electrons. The molecule has 0 saturated carbocycles. The smallest absolute Gasteiger partial charge is 0.275 e. The molecule has 32 heavy (non-hydrogen) atoms. The Balaban J connectivity index is 1.64. The molecule has 1 fully saturated rings. The zero-order valence-corrected chi connectivity index (χ0v) is 19.0. The van der Waals surface area contributed by atoms with Gasteiger partial charge in [-0.3, -0.25) is 9.91 Å². The molecule has 4 rings (SSSR count). The predicted octanol–water partition coefficient (Wildman–Crippen LogP) is 4.94. The second-order valence-corrected chi connectivity index (χ2v) is 8.15. The van der Waals surface area contributed by atoms with Crippen molar-refractivity contribution in [2.45, 2.75) is 52.1 Å². The van der Waals surface area contributed by atoms with Crippen LogP contribution in [-0.2, 0) is 0 Å². The molecule has 2 aromatic carbocycles. The first-order valence-corrected chi connectivity index (χ1v) is 11.4. The first kappa shape index (κ1) is 22.0. The first-order valence-electron chi connectivity index (χ1n) is 11.4. The number of carbonyl (C=O) groups is 1. The van der Waals surface area contributed by atoms with Crippen LogP contribution in [0, 0.1) is 0 Å². The molecule has 1 unspecified atom stereocenters. The number of hydrazine groups is 1. The Kier molecular flexibility index (Phi) is 6.80. The van der Waals surface area contributed by atoms with Gasteiger partial charge in [-0.2, -0.15) is 10.2 Å². The van der Waals surface area contributed by atoms with Crippen molar-refractivity contribution < 1.29 is 4.79 Å². The largest absolute Gasteiger partial charge is 0.340 e. The van der Waals surface area contributed by atoms with E-state index in [0.29, 0.717) is 5.82 Å². The maximum Gasteiger partial charge on any atom is 0.340 e. The number of H-pyrrole nitrogens is 1. The molecule has 1 aliphatic heterocycles. The van der Waals surface area contributed by atoms with Gasteiger partial charge in [0, 0.05) is 24.8 Å². The van der Waals surface area contributed by atoms with Gasteiger partial charge in [0.15, 0.2) is 0 Å². The average molecular weight is 434 g/mol. The van der Waals surface area contributed by atoms with Crippen LogP contribution in [0.15, 0.2) is 48.5 Å². The van der Waals surface area contributed by atoms with Crippen molar-refractivity contribution in [2.75, 3.05) is 18.5 Å². The Morgan fingerprint density at radius 2 is 1.69 bits per heavy atom. The number of nitrogens with zero attached hydrogens (tertiary/aromatic N) is 6. The van der Waals surface area contributed by atoms with Gasteiger partial charge >= 0.3 is 6.03 Å². The summed E-state index contributed by atoms with van der Waals surface area (Å²) in [6.45, 7) is 5.09. The minimum atomic E-state index is 0.0387. The Morgan fingerprint density at radius 1 is 0.969 bits per heavy atom. The van der Waals surface area contributed by atoms with E-state index in [4.69, 9.17) is 0 Å². The number of urea groups is 1. The Bertz CT molecular complexity index is 1020. The highest BCUT2D eigenvalue weighted by Gasteiger charge is 2.41. The van der Waals surface area contributed by atoms with Gasteiger partial charge in [0.1, 0.15) is 6.17 Å². The summed E-state index contributed by atoms with van der Waals surface area (Å²) in [5.74, 6) is 0.562. The summed E-state index contributed by atoms with van der Waals surface area (Å²) in [6, 6.07) is 16.3. The van der Waals surface area contributed by atoms with E-state index in [1.54, 1.807) is 0 Å². The molecule has 2 heterocycles. The summed E-state index contributed by atoms with van der Waals surface area (Å²) in [6.07, 6.45) is 5.23. The van der Waals surface area contributed by atoms with Gasteiger partial charge in [-0.15, -0.1) is 10.2 Å². The van der Waals surface area contributed by atoms with Crippen molar-refractivity contribution in [1.29, 1.82) is 0 Å². The molecule has 3 aromatic rings. The molecular formula is C24H31N7O. The molecule has 0 aliphatic carbocycles. The lowest BCUT2D eigenvalue weighted by atomic mass is 9.99. The number of nitrogens with one attached hydrogen (secondary N) is 1. The van der Waals surface area contributed by atoms with Gasteiger partial charge in [-0.1, -0.05) is 69.5 Å². The molecule has 1 atom stereocenters. The second-order valence-electron chi connectivity index (χ2n) is 8.15. The van der Waals surface area contributed by atoms with Gasteiger partial charge in [0.25, 0.3) is 0 Å². The Hall–Kier alpha value is -3.26. The number of amides is 2. The number of anilines is 1. The molecule has 1 N–H and O–H groups in total. The van der Waals surface area contributed by atoms with E-state index >= 15 is 0 Å². The molecule has 8 heteroatoms. The number of hydrogen-bond donors (Lipinski definition) is 1. The normalized spacial score (nSPS) is 16.8. The van der Waals surface area contributed by atoms with E-state index in [0.717, 1.165) is 61.0 Å². The van der Waals surface area contributed by atoms with Crippen molar-refractivity contribution in [2.24, 2.45) is 0 Å². The molecule has 1 aromatic heterocycles. The summed E-state index contributed by atoms with van der Waals surface area (Å²) in [5.41, 5.74) is 3.90. The molecule has 0 bridgehead atoms. The topological polar surface area (TPSA) is 81.2 Å². The molecule has 1 saturated heterocycles. The van der Waals surface area contributed by atoms with Crippen molar-refractivity contribution in [3.63, 3.8) is 0 Å². The number of hydrogen-bond acceptors (Lipinski definition) is 5. The monoisotopic (exact) mass is 433 g/mol. The fraction of sp³-hybridized carbons (Fsp3) is 0.417. The number of carbonyl (C=O) groups excluding carboxylic acids is 1. The number of benzene rings is 2. The molecule has 2 amide bonds. The summed E-state index contributed by atoms with van der Waals surface area (Å²) in [5, 5.41) is 18.5. The first-order chi connectivity index (χ1) is 15.7. The lowest BCUT2D eigenvalue weighted by molar-refractivity contribution is 0.0442. The highest BCUT2D eigenvalue weighted by molar-refractivity contribution is 5.94. The van der Waals surface area contributed by atoms with Crippen molar-refractivity contribution >= 4 is 11.7 Å². The number of tetrazole rings is 1. The maximum atomic E-state index is 13.3. The van der Waals surface area contributed by atoms with E-state index in [1.807, 2.05) is 53.4 Å². The summed E-state index contributed by atoms with van der Waals surface area (Å²) in [4.78, 5) is 15.3. The van der Waals surface area contributed by atoms with Crippen LogP contribution in [-0.4, -0.2) is 56.4 Å². The van der Waals surface area contributed by atoms with Gasteiger partial charge in [0.2, 0.25) is 5.82 Å². The number of rotatable bonds is 9. The van der Waals surface area contributed by atoms with Crippen LogP contribution < -0.4 is 4.90 Å². The van der Waals surface area contributed by atoms with Gasteiger partial charge < -0.3 is 0 Å². The molecule has 1 aliphatic rings. The number of aromatic amines is 1. The predicted molar refractivity (Wildman–Crippen MR) is 126 cm³/mol. The zero-order valence-electron chi connectivity index (χ0n) is 19.0. The number of aromatic nitrogens is 4. The van der Waals surface area contributed by atoms with Gasteiger partial charge in [-0.25, -0.2) is 4.79 Å². The lowest BCUT2D eigenvalue weighted by Crippen LogP contribution is -2.40. The van der Waals surface area contributed by atoms with Crippen molar-refractivity contribution in [3.05, 3.63) is 48.5 Å². The number of unbranched alkanes of at least 4 members (excludes halogenated alkanes) is 2. The van der Waals surface area contributed by atoms with Crippen molar-refractivity contribution in [1.82, 2.24) is 30.6 Å². The van der Waals surface area contributed by atoms with E-state index in [1.165, 1.54) is 0 Å². The Labute approximate surface area is 189 Å². The molecular weight excluding hydrogens is 402 g/mol. The maximum absolute atomic E-state index is 13.3. The lowest BCUT2D eigenvalue weighted by Gasteiger charge is -2.28.